The maximum atomic E-state index is 14.0. The molecule has 1 aromatic carbocycles. The second-order valence-corrected chi connectivity index (χ2v) is 9.92. The molecule has 1 saturated carbocycles. The average molecular weight is 514 g/mol. The fraction of sp³-hybridized carbons (Fsp3) is 0.520. The van der Waals surface area contributed by atoms with Gasteiger partial charge in [0.1, 0.15) is 17.2 Å². The number of benzene rings is 1. The lowest BCUT2D eigenvalue weighted by Gasteiger charge is -2.27. The van der Waals surface area contributed by atoms with Gasteiger partial charge in [-0.2, -0.15) is 9.97 Å². The lowest BCUT2D eigenvalue weighted by atomic mass is 10.1. The molecule has 196 valence electrons. The average Bonchev–Trinajstić information content (AvgIpc) is 3.33. The second-order valence-electron chi connectivity index (χ2n) is 9.92. The van der Waals surface area contributed by atoms with Gasteiger partial charge in [0.15, 0.2) is 5.82 Å². The Kier molecular flexibility index (Phi) is 6.15. The molecule has 2 saturated heterocycles. The monoisotopic (exact) mass is 513 g/mol. The normalized spacial score (nSPS) is 21.1. The number of likely N-dealkylation sites (tertiary alicyclic amines) is 1. The number of carbonyl (C=O) groups excluding carboxylic acids is 1. The van der Waals surface area contributed by atoms with E-state index >= 15 is 0 Å². The van der Waals surface area contributed by atoms with Crippen molar-refractivity contribution in [2.45, 2.75) is 31.3 Å². The van der Waals surface area contributed by atoms with Crippen molar-refractivity contribution in [3.05, 3.63) is 36.2 Å². The molecule has 3 fully saturated rings. The van der Waals surface area contributed by atoms with E-state index in [2.05, 4.69) is 15.3 Å². The molecule has 0 unspecified atom stereocenters. The molecule has 6 rings (SSSR count). The fourth-order valence-electron chi connectivity index (χ4n) is 5.02. The van der Waals surface area contributed by atoms with Crippen molar-refractivity contribution in [3.63, 3.8) is 0 Å². The number of morpholine rings is 1. The van der Waals surface area contributed by atoms with E-state index in [1.54, 1.807) is 35.2 Å². The van der Waals surface area contributed by atoms with E-state index in [1.165, 1.54) is 4.57 Å². The van der Waals surface area contributed by atoms with Gasteiger partial charge in [-0.1, -0.05) is 12.1 Å². The van der Waals surface area contributed by atoms with Crippen molar-refractivity contribution in [2.75, 3.05) is 56.2 Å². The van der Waals surface area contributed by atoms with E-state index < -0.39 is 12.0 Å². The standard InChI is InChI=1S/C25H29F2N7O3/c26-21(27)22-29-17-3-1-2-4-18(17)34(22)20-13-19(30-24(31-20)32-9-11-37-12-10-32)28-14-16-5-8-33(15-16)23(35)25(36)6-7-25/h1-4,13,16,21,36H,5-12,14-15H2,(H,28,30,31)/t16-/m1/s1. The molecule has 12 heteroatoms. The molecule has 0 spiro atoms. The first-order valence-electron chi connectivity index (χ1n) is 12.6. The number of aromatic nitrogens is 4. The maximum Gasteiger partial charge on any atom is 0.296 e. The predicted octanol–water partition coefficient (Wildman–Crippen LogP) is 2.38. The van der Waals surface area contributed by atoms with Crippen molar-refractivity contribution < 1.29 is 23.4 Å². The highest BCUT2D eigenvalue weighted by atomic mass is 19.3. The zero-order valence-corrected chi connectivity index (χ0v) is 20.3. The lowest BCUT2D eigenvalue weighted by Crippen LogP contribution is -2.39. The summed E-state index contributed by atoms with van der Waals surface area (Å²) in [6.45, 7) is 3.98. The SMILES string of the molecule is O=C(N1CC[C@H](CNc2cc(-n3c(C(F)F)nc4ccccc43)nc(N3CCOCC3)n2)C1)C1(O)CC1. The van der Waals surface area contributed by atoms with Crippen LogP contribution >= 0.6 is 0 Å². The Morgan fingerprint density at radius 2 is 1.95 bits per heavy atom. The van der Waals surface area contributed by atoms with Crippen molar-refractivity contribution in [1.82, 2.24) is 24.4 Å². The van der Waals surface area contributed by atoms with Gasteiger partial charge in [0.25, 0.3) is 12.3 Å². The summed E-state index contributed by atoms with van der Waals surface area (Å²) in [5.74, 6) is 0.877. The molecular formula is C25H29F2N7O3. The quantitative estimate of drug-likeness (QED) is 0.496. The smallest absolute Gasteiger partial charge is 0.296 e. The Morgan fingerprint density at radius 3 is 2.70 bits per heavy atom. The summed E-state index contributed by atoms with van der Waals surface area (Å²) < 4.78 is 34.9. The van der Waals surface area contributed by atoms with Crippen molar-refractivity contribution in [1.29, 1.82) is 0 Å². The number of anilines is 2. The highest BCUT2D eigenvalue weighted by molar-refractivity contribution is 5.88. The van der Waals surface area contributed by atoms with Crippen LogP contribution in [-0.2, 0) is 9.53 Å². The molecule has 3 aliphatic rings. The Bertz CT molecular complexity index is 1310. The zero-order valence-electron chi connectivity index (χ0n) is 20.3. The number of para-hydroxylation sites is 2. The molecular weight excluding hydrogens is 484 g/mol. The van der Waals surface area contributed by atoms with Gasteiger partial charge in [0, 0.05) is 38.8 Å². The Morgan fingerprint density at radius 1 is 1.16 bits per heavy atom. The minimum Gasteiger partial charge on any atom is -0.380 e. The first-order chi connectivity index (χ1) is 17.9. The van der Waals surface area contributed by atoms with Crippen molar-refractivity contribution in [2.24, 2.45) is 5.92 Å². The largest absolute Gasteiger partial charge is 0.380 e. The van der Waals surface area contributed by atoms with E-state index in [9.17, 15) is 18.7 Å². The number of halogens is 2. The van der Waals surface area contributed by atoms with E-state index in [-0.39, 0.29) is 17.6 Å². The molecule has 1 atom stereocenters. The fourth-order valence-corrected chi connectivity index (χ4v) is 5.02. The molecule has 0 radical (unpaired) electrons. The Labute approximate surface area is 212 Å². The van der Waals surface area contributed by atoms with E-state index in [4.69, 9.17) is 9.72 Å². The third kappa shape index (κ3) is 4.71. The lowest BCUT2D eigenvalue weighted by molar-refractivity contribution is -0.141. The number of alkyl halides is 2. The summed E-state index contributed by atoms with van der Waals surface area (Å²) in [5, 5.41) is 13.5. The van der Waals surface area contributed by atoms with Crippen molar-refractivity contribution in [3.8, 4) is 5.82 Å². The molecule has 3 aromatic rings. The van der Waals surface area contributed by atoms with E-state index in [0.717, 1.165) is 6.42 Å². The number of amides is 1. The van der Waals surface area contributed by atoms with Gasteiger partial charge < -0.3 is 25.0 Å². The second kappa shape index (κ2) is 9.49. The summed E-state index contributed by atoms with van der Waals surface area (Å²) in [5.41, 5.74) is -0.155. The Hall–Kier alpha value is -3.38. The first kappa shape index (κ1) is 24.0. The van der Waals surface area contributed by atoms with Crippen LogP contribution in [0.1, 0.15) is 31.5 Å². The number of imidazole rings is 1. The van der Waals surface area contributed by atoms with Crippen LogP contribution in [0.15, 0.2) is 30.3 Å². The van der Waals surface area contributed by atoms with Crippen LogP contribution in [0.4, 0.5) is 20.5 Å². The predicted molar refractivity (Wildman–Crippen MR) is 132 cm³/mol. The van der Waals surface area contributed by atoms with Crippen LogP contribution < -0.4 is 10.2 Å². The first-order valence-corrected chi connectivity index (χ1v) is 12.6. The molecule has 4 heterocycles. The summed E-state index contributed by atoms with van der Waals surface area (Å²) in [6, 6.07) is 8.65. The number of nitrogens with one attached hydrogen (secondary N) is 1. The number of fused-ring (bicyclic) bond motifs is 1. The maximum absolute atomic E-state index is 14.0. The zero-order chi connectivity index (χ0) is 25.6. The van der Waals surface area contributed by atoms with Gasteiger partial charge >= 0.3 is 0 Å². The minimum absolute atomic E-state index is 0.180. The third-order valence-corrected chi connectivity index (χ3v) is 7.27. The highest BCUT2D eigenvalue weighted by Crippen LogP contribution is 2.38. The van der Waals surface area contributed by atoms with Crippen LogP contribution in [0.5, 0.6) is 0 Å². The highest BCUT2D eigenvalue weighted by Gasteiger charge is 2.51. The number of hydrogen-bond donors (Lipinski definition) is 2. The van der Waals surface area contributed by atoms with Crippen LogP contribution in [0, 0.1) is 5.92 Å². The van der Waals surface area contributed by atoms with Gasteiger partial charge in [-0.15, -0.1) is 0 Å². The molecule has 0 bridgehead atoms. The molecule has 10 nitrogen and oxygen atoms in total. The molecule has 37 heavy (non-hydrogen) atoms. The molecule has 2 aliphatic heterocycles. The number of rotatable bonds is 7. The summed E-state index contributed by atoms with van der Waals surface area (Å²) in [6.07, 6.45) is -0.912. The van der Waals surface area contributed by atoms with Gasteiger partial charge in [-0.05, 0) is 37.3 Å². The Balaban J connectivity index is 1.29. The van der Waals surface area contributed by atoms with Gasteiger partial charge in [0.05, 0.1) is 24.2 Å². The van der Waals surface area contributed by atoms with Crippen LogP contribution in [0.2, 0.25) is 0 Å². The molecule has 1 amide bonds. The summed E-state index contributed by atoms with van der Waals surface area (Å²) >= 11 is 0. The van der Waals surface area contributed by atoms with Crippen molar-refractivity contribution >= 4 is 28.7 Å². The topological polar surface area (TPSA) is 109 Å². The molecule has 1 aliphatic carbocycles. The van der Waals surface area contributed by atoms with Crippen LogP contribution in [0.3, 0.4) is 0 Å². The van der Waals surface area contributed by atoms with E-state index in [1.807, 2.05) is 4.90 Å². The summed E-state index contributed by atoms with van der Waals surface area (Å²) in [4.78, 5) is 29.7. The number of aliphatic hydroxyl groups is 1. The minimum atomic E-state index is -2.78. The van der Waals surface area contributed by atoms with Gasteiger partial charge in [0.2, 0.25) is 5.95 Å². The van der Waals surface area contributed by atoms with Gasteiger partial charge in [-0.3, -0.25) is 9.36 Å². The number of hydrogen-bond acceptors (Lipinski definition) is 8. The number of ether oxygens (including phenoxy) is 1. The van der Waals surface area contributed by atoms with Crippen LogP contribution in [-0.4, -0.2) is 87.0 Å². The molecule has 2 N–H and O–H groups in total. The number of carbonyl (C=O) groups is 1. The van der Waals surface area contributed by atoms with E-state index in [0.29, 0.717) is 87.4 Å². The number of nitrogens with zero attached hydrogens (tertiary/aromatic N) is 6. The molecule has 2 aromatic heterocycles. The third-order valence-electron chi connectivity index (χ3n) is 7.27. The van der Waals surface area contributed by atoms with Gasteiger partial charge in [-0.25, -0.2) is 13.8 Å². The summed E-state index contributed by atoms with van der Waals surface area (Å²) in [7, 11) is 0. The van der Waals surface area contributed by atoms with Crippen LogP contribution in [0.25, 0.3) is 16.9 Å².